The quantitative estimate of drug-likeness (QED) is 0.500. The minimum atomic E-state index is -0.319. The summed E-state index contributed by atoms with van der Waals surface area (Å²) >= 11 is 12.0. The summed E-state index contributed by atoms with van der Waals surface area (Å²) in [6.45, 7) is 1.74. The summed E-state index contributed by atoms with van der Waals surface area (Å²) in [5.41, 5.74) is 1.60. The third kappa shape index (κ3) is 4.95. The van der Waals surface area contributed by atoms with Crippen LogP contribution in [0.15, 0.2) is 53.1 Å². The molecule has 2 saturated heterocycles. The smallest absolute Gasteiger partial charge is 0.228 e. The maximum absolute atomic E-state index is 13.1. The minimum Gasteiger partial charge on any atom is -0.342 e. The highest BCUT2D eigenvalue weighted by atomic mass is 35.5. The van der Waals surface area contributed by atoms with Crippen molar-refractivity contribution in [3.8, 4) is 11.4 Å². The number of hydrogen-bond acceptors (Lipinski definition) is 5. The molecule has 5 rings (SSSR count). The Morgan fingerprint density at radius 3 is 2.56 bits per heavy atom. The van der Waals surface area contributed by atoms with E-state index in [0.29, 0.717) is 53.7 Å². The SMILES string of the molecule is O=C(C1CC(=O)N(c2cccc(Cl)c2)C1)N1CCC(Cc2nc(-c3ccc(Cl)cc3)no2)CC1. The van der Waals surface area contributed by atoms with Crippen molar-refractivity contribution in [1.82, 2.24) is 15.0 Å². The number of nitrogens with zero attached hydrogens (tertiary/aromatic N) is 4. The topological polar surface area (TPSA) is 79.5 Å². The highest BCUT2D eigenvalue weighted by Crippen LogP contribution is 2.30. The average molecular weight is 499 g/mol. The van der Waals surface area contributed by atoms with Crippen molar-refractivity contribution in [2.24, 2.45) is 11.8 Å². The van der Waals surface area contributed by atoms with Crippen molar-refractivity contribution >= 4 is 40.7 Å². The molecule has 7 nitrogen and oxygen atoms in total. The lowest BCUT2D eigenvalue weighted by Crippen LogP contribution is -2.42. The van der Waals surface area contributed by atoms with Gasteiger partial charge in [-0.3, -0.25) is 9.59 Å². The van der Waals surface area contributed by atoms with Crippen molar-refractivity contribution in [3.05, 3.63) is 64.5 Å². The van der Waals surface area contributed by atoms with Crippen LogP contribution in [-0.4, -0.2) is 46.5 Å². The first kappa shape index (κ1) is 22.9. The van der Waals surface area contributed by atoms with Crippen molar-refractivity contribution in [1.29, 1.82) is 0 Å². The van der Waals surface area contributed by atoms with Gasteiger partial charge in [0.2, 0.25) is 23.5 Å². The zero-order valence-corrected chi connectivity index (χ0v) is 20.0. The highest BCUT2D eigenvalue weighted by Gasteiger charge is 2.38. The number of carbonyl (C=O) groups is 2. The second-order valence-electron chi connectivity index (χ2n) is 8.88. The summed E-state index contributed by atoms with van der Waals surface area (Å²) in [5, 5.41) is 5.32. The van der Waals surface area contributed by atoms with Crippen LogP contribution in [0.5, 0.6) is 0 Å². The largest absolute Gasteiger partial charge is 0.342 e. The Balaban J connectivity index is 1.14. The fourth-order valence-electron chi connectivity index (χ4n) is 4.68. The van der Waals surface area contributed by atoms with Crippen molar-refractivity contribution < 1.29 is 14.1 Å². The molecule has 2 fully saturated rings. The van der Waals surface area contributed by atoms with Gasteiger partial charge in [-0.05, 0) is 61.2 Å². The molecule has 0 N–H and O–H groups in total. The first-order chi connectivity index (χ1) is 16.5. The van der Waals surface area contributed by atoms with E-state index in [1.165, 1.54) is 0 Å². The molecule has 2 aliphatic heterocycles. The lowest BCUT2D eigenvalue weighted by atomic mass is 9.92. The standard InChI is InChI=1S/C25H24Cl2N4O3/c26-19-6-4-17(5-7-19)24-28-22(34-29-24)12-16-8-10-30(11-9-16)25(33)18-13-23(32)31(15-18)21-3-1-2-20(27)14-21/h1-7,14,16,18H,8-13,15H2. The molecule has 0 bridgehead atoms. The Morgan fingerprint density at radius 1 is 1.06 bits per heavy atom. The van der Waals surface area contributed by atoms with Gasteiger partial charge in [0.15, 0.2) is 0 Å². The van der Waals surface area contributed by atoms with Gasteiger partial charge in [-0.25, -0.2) is 0 Å². The molecule has 1 unspecified atom stereocenters. The summed E-state index contributed by atoms with van der Waals surface area (Å²) in [4.78, 5) is 33.7. The van der Waals surface area contributed by atoms with Gasteiger partial charge in [0, 0.05) is 53.8 Å². The Kier molecular flexibility index (Phi) is 6.57. The normalized spacial score (nSPS) is 19.1. The van der Waals surface area contributed by atoms with E-state index in [9.17, 15) is 9.59 Å². The second kappa shape index (κ2) is 9.76. The Morgan fingerprint density at radius 2 is 1.82 bits per heavy atom. The Hall–Kier alpha value is -2.90. The van der Waals surface area contributed by atoms with Crippen LogP contribution in [0.4, 0.5) is 5.69 Å². The fraction of sp³-hybridized carbons (Fsp3) is 0.360. The number of piperidine rings is 1. The highest BCUT2D eigenvalue weighted by molar-refractivity contribution is 6.31. The van der Waals surface area contributed by atoms with E-state index in [2.05, 4.69) is 10.1 Å². The van der Waals surface area contributed by atoms with Gasteiger partial charge in [-0.15, -0.1) is 0 Å². The predicted molar refractivity (Wildman–Crippen MR) is 130 cm³/mol. The zero-order chi connectivity index (χ0) is 23.7. The number of likely N-dealkylation sites (tertiary alicyclic amines) is 1. The van der Waals surface area contributed by atoms with E-state index in [0.717, 1.165) is 24.1 Å². The monoisotopic (exact) mass is 498 g/mol. The van der Waals surface area contributed by atoms with E-state index in [1.54, 1.807) is 29.2 Å². The lowest BCUT2D eigenvalue weighted by molar-refractivity contribution is -0.137. The fourth-order valence-corrected chi connectivity index (χ4v) is 4.99. The molecule has 0 aliphatic carbocycles. The molecule has 3 heterocycles. The van der Waals surface area contributed by atoms with Gasteiger partial charge in [-0.1, -0.05) is 34.4 Å². The number of rotatable bonds is 5. The summed E-state index contributed by atoms with van der Waals surface area (Å²) < 4.78 is 5.45. The van der Waals surface area contributed by atoms with Crippen LogP contribution in [0.2, 0.25) is 10.0 Å². The summed E-state index contributed by atoms with van der Waals surface area (Å²) in [5.74, 6) is 1.22. The van der Waals surface area contributed by atoms with Crippen molar-refractivity contribution in [3.63, 3.8) is 0 Å². The van der Waals surface area contributed by atoms with Crippen LogP contribution in [0.1, 0.15) is 25.2 Å². The van der Waals surface area contributed by atoms with E-state index < -0.39 is 0 Å². The summed E-state index contributed by atoms with van der Waals surface area (Å²) in [6.07, 6.45) is 2.65. The molecule has 2 aliphatic rings. The molecule has 2 amide bonds. The van der Waals surface area contributed by atoms with Gasteiger partial charge >= 0.3 is 0 Å². The number of benzene rings is 2. The molecule has 1 aromatic heterocycles. The summed E-state index contributed by atoms with van der Waals surface area (Å²) in [6, 6.07) is 14.5. The predicted octanol–water partition coefficient (Wildman–Crippen LogP) is 4.88. The molecular formula is C25H24Cl2N4O3. The van der Waals surface area contributed by atoms with Gasteiger partial charge in [0.1, 0.15) is 0 Å². The average Bonchev–Trinajstić information content (AvgIpc) is 3.46. The lowest BCUT2D eigenvalue weighted by Gasteiger charge is -2.33. The summed E-state index contributed by atoms with van der Waals surface area (Å²) in [7, 11) is 0. The van der Waals surface area contributed by atoms with Gasteiger partial charge in [0.05, 0.1) is 5.92 Å². The van der Waals surface area contributed by atoms with Crippen LogP contribution in [0.3, 0.4) is 0 Å². The third-order valence-electron chi connectivity index (χ3n) is 6.55. The molecule has 1 atom stereocenters. The van der Waals surface area contributed by atoms with Crippen LogP contribution < -0.4 is 4.90 Å². The molecule has 0 radical (unpaired) electrons. The Bertz CT molecular complexity index is 1190. The molecular weight excluding hydrogens is 475 g/mol. The maximum atomic E-state index is 13.1. The number of hydrogen-bond donors (Lipinski definition) is 0. The number of amides is 2. The van der Waals surface area contributed by atoms with Gasteiger partial charge < -0.3 is 14.3 Å². The number of carbonyl (C=O) groups excluding carboxylic acids is 2. The first-order valence-corrected chi connectivity index (χ1v) is 12.1. The number of aromatic nitrogens is 2. The maximum Gasteiger partial charge on any atom is 0.228 e. The number of halogens is 2. The first-order valence-electron chi connectivity index (χ1n) is 11.4. The minimum absolute atomic E-state index is 0.0385. The number of anilines is 1. The molecule has 9 heteroatoms. The van der Waals surface area contributed by atoms with E-state index in [-0.39, 0.29) is 24.2 Å². The molecule has 34 heavy (non-hydrogen) atoms. The Labute approximate surface area is 207 Å². The molecule has 2 aromatic carbocycles. The van der Waals surface area contributed by atoms with Crippen molar-refractivity contribution in [2.45, 2.75) is 25.7 Å². The second-order valence-corrected chi connectivity index (χ2v) is 9.75. The zero-order valence-electron chi connectivity index (χ0n) is 18.5. The van der Waals surface area contributed by atoms with Gasteiger partial charge in [0.25, 0.3) is 0 Å². The van der Waals surface area contributed by atoms with E-state index in [4.69, 9.17) is 27.7 Å². The third-order valence-corrected chi connectivity index (χ3v) is 7.04. The van der Waals surface area contributed by atoms with E-state index in [1.807, 2.05) is 29.2 Å². The van der Waals surface area contributed by atoms with Crippen molar-refractivity contribution in [2.75, 3.05) is 24.5 Å². The molecule has 176 valence electrons. The van der Waals surface area contributed by atoms with Crippen LogP contribution in [-0.2, 0) is 16.0 Å². The van der Waals surface area contributed by atoms with Crippen LogP contribution >= 0.6 is 23.2 Å². The molecule has 3 aromatic rings. The van der Waals surface area contributed by atoms with Gasteiger partial charge in [-0.2, -0.15) is 4.98 Å². The van der Waals surface area contributed by atoms with E-state index >= 15 is 0 Å². The van der Waals surface area contributed by atoms with Crippen LogP contribution in [0, 0.1) is 11.8 Å². The molecule has 0 spiro atoms. The molecule has 0 saturated carbocycles. The van der Waals surface area contributed by atoms with Crippen LogP contribution in [0.25, 0.3) is 11.4 Å².